The van der Waals surface area contributed by atoms with Gasteiger partial charge in [0.2, 0.25) is 0 Å². The number of benzene rings is 1. The molecule has 0 aliphatic heterocycles. The molecule has 30 heavy (non-hydrogen) atoms. The van der Waals surface area contributed by atoms with Gasteiger partial charge in [0.25, 0.3) is 5.91 Å². The fraction of sp³-hybridized carbons (Fsp3) is 0.478. The third-order valence-corrected chi connectivity index (χ3v) is 5.97. The van der Waals surface area contributed by atoms with Crippen LogP contribution in [0.5, 0.6) is 0 Å². The topological polar surface area (TPSA) is 92.2 Å². The predicted molar refractivity (Wildman–Crippen MR) is 116 cm³/mol. The van der Waals surface area contributed by atoms with E-state index in [0.717, 1.165) is 42.3 Å². The summed E-state index contributed by atoms with van der Waals surface area (Å²) in [4.78, 5) is 20.4. The highest BCUT2D eigenvalue weighted by molar-refractivity contribution is 6.06. The van der Waals surface area contributed by atoms with Gasteiger partial charge < -0.3 is 24.7 Å². The lowest BCUT2D eigenvalue weighted by Crippen LogP contribution is -2.39. The Morgan fingerprint density at radius 3 is 2.83 bits per heavy atom. The molecule has 0 saturated heterocycles. The van der Waals surface area contributed by atoms with Crippen LogP contribution in [0.3, 0.4) is 0 Å². The molecule has 1 aromatic carbocycles. The fourth-order valence-corrected chi connectivity index (χ4v) is 3.96. The Bertz CT molecular complexity index is 972. The number of nitrogens with zero attached hydrogens (tertiary/aromatic N) is 2. The maximum Gasteiger partial charge on any atom is 0.253 e. The van der Waals surface area contributed by atoms with Gasteiger partial charge in [-0.25, -0.2) is 4.98 Å². The average Bonchev–Trinajstić information content (AvgIpc) is 3.43. The van der Waals surface area contributed by atoms with Gasteiger partial charge in [-0.05, 0) is 49.8 Å². The normalized spacial score (nSPS) is 20.5. The Balaban J connectivity index is 1.39. The maximum atomic E-state index is 13.1. The number of aliphatic hydroxyl groups excluding tert-OH is 1. The van der Waals surface area contributed by atoms with Crippen molar-refractivity contribution in [1.29, 1.82) is 0 Å². The maximum absolute atomic E-state index is 13.1. The summed E-state index contributed by atoms with van der Waals surface area (Å²) in [6, 6.07) is 6.05. The van der Waals surface area contributed by atoms with Gasteiger partial charge in [0.15, 0.2) is 0 Å². The van der Waals surface area contributed by atoms with Gasteiger partial charge in [-0.2, -0.15) is 0 Å². The highest BCUT2D eigenvalue weighted by Gasteiger charge is 2.25. The summed E-state index contributed by atoms with van der Waals surface area (Å²) in [5, 5.41) is 14.1. The lowest BCUT2D eigenvalue weighted by atomic mass is 9.92. The number of carbonyl (C=O) groups excluding carboxylic acids is 1. The van der Waals surface area contributed by atoms with Crippen molar-refractivity contribution in [2.75, 3.05) is 6.61 Å². The van der Waals surface area contributed by atoms with Crippen LogP contribution >= 0.6 is 0 Å². The zero-order valence-corrected chi connectivity index (χ0v) is 17.5. The molecule has 0 spiro atoms. The first-order valence-corrected chi connectivity index (χ1v) is 10.7. The summed E-state index contributed by atoms with van der Waals surface area (Å²) in [5.41, 5.74) is 2.39. The zero-order valence-electron chi connectivity index (χ0n) is 17.5. The number of amides is 1. The van der Waals surface area contributed by atoms with E-state index in [1.807, 2.05) is 49.0 Å². The SMILES string of the molecule is CC(C)C(O)CO[C@H]1CC[C@H](NC(=O)c2cc(-n3ccnc3)cc3cc[nH]c23)CC1. The molecule has 0 bridgehead atoms. The molecule has 1 unspecified atom stereocenters. The quantitative estimate of drug-likeness (QED) is 0.556. The smallest absolute Gasteiger partial charge is 0.253 e. The lowest BCUT2D eigenvalue weighted by molar-refractivity contribution is -0.0399. The van der Waals surface area contributed by atoms with Crippen molar-refractivity contribution in [2.24, 2.45) is 5.92 Å². The zero-order chi connectivity index (χ0) is 21.1. The molecule has 3 N–H and O–H groups in total. The van der Waals surface area contributed by atoms with Crippen LogP contribution in [0.4, 0.5) is 0 Å². The van der Waals surface area contributed by atoms with Crippen LogP contribution in [-0.2, 0) is 4.74 Å². The van der Waals surface area contributed by atoms with Crippen molar-refractivity contribution in [2.45, 2.75) is 57.8 Å². The largest absolute Gasteiger partial charge is 0.390 e. The molecule has 1 amide bonds. The van der Waals surface area contributed by atoms with E-state index in [1.165, 1.54) is 0 Å². The summed E-state index contributed by atoms with van der Waals surface area (Å²) < 4.78 is 7.77. The van der Waals surface area contributed by atoms with Gasteiger partial charge in [-0.1, -0.05) is 13.8 Å². The van der Waals surface area contributed by atoms with Crippen molar-refractivity contribution in [3.8, 4) is 5.69 Å². The van der Waals surface area contributed by atoms with Crippen LogP contribution in [0.25, 0.3) is 16.6 Å². The van der Waals surface area contributed by atoms with Gasteiger partial charge in [-0.3, -0.25) is 4.79 Å². The number of imidazole rings is 1. The molecule has 1 saturated carbocycles. The van der Waals surface area contributed by atoms with Gasteiger partial charge in [0.1, 0.15) is 0 Å². The molecule has 2 heterocycles. The fourth-order valence-electron chi connectivity index (χ4n) is 3.96. The van der Waals surface area contributed by atoms with Gasteiger partial charge in [0.05, 0.1) is 36.2 Å². The summed E-state index contributed by atoms with van der Waals surface area (Å²) in [6.07, 6.45) is 10.5. The molecule has 0 radical (unpaired) electrons. The Hall–Kier alpha value is -2.64. The second kappa shape index (κ2) is 9.02. The van der Waals surface area contributed by atoms with Crippen molar-refractivity contribution < 1.29 is 14.6 Å². The molecule has 4 rings (SSSR count). The predicted octanol–water partition coefficient (Wildman–Crippen LogP) is 3.43. The van der Waals surface area contributed by atoms with E-state index in [9.17, 15) is 9.90 Å². The minimum Gasteiger partial charge on any atom is -0.390 e. The molecule has 1 atom stereocenters. The van der Waals surface area contributed by atoms with E-state index in [0.29, 0.717) is 12.2 Å². The Morgan fingerprint density at radius 2 is 2.13 bits per heavy atom. The number of H-pyrrole nitrogens is 1. The minimum absolute atomic E-state index is 0.0657. The number of aliphatic hydroxyl groups is 1. The molecule has 1 fully saturated rings. The lowest BCUT2D eigenvalue weighted by Gasteiger charge is -2.30. The van der Waals surface area contributed by atoms with E-state index in [2.05, 4.69) is 15.3 Å². The highest BCUT2D eigenvalue weighted by Crippen LogP contribution is 2.25. The number of carbonyl (C=O) groups is 1. The Labute approximate surface area is 176 Å². The average molecular weight is 411 g/mol. The number of rotatable bonds is 7. The monoisotopic (exact) mass is 410 g/mol. The van der Waals surface area contributed by atoms with Crippen LogP contribution < -0.4 is 5.32 Å². The standard InChI is InChI=1S/C23H30N4O3/c1-15(2)21(28)13-30-19-5-3-17(4-6-19)26-23(29)20-12-18(27-10-9-24-14-27)11-16-7-8-25-22(16)20/h7-12,14-15,17,19,21,25,28H,3-6,13H2,1-2H3,(H,26,29)/t17-,19-,21?. The second-order valence-electron chi connectivity index (χ2n) is 8.50. The molecular formula is C23H30N4O3. The highest BCUT2D eigenvalue weighted by atomic mass is 16.5. The number of aromatic nitrogens is 3. The van der Waals surface area contributed by atoms with Crippen molar-refractivity contribution in [1.82, 2.24) is 19.9 Å². The van der Waals surface area contributed by atoms with E-state index >= 15 is 0 Å². The first-order valence-electron chi connectivity index (χ1n) is 10.7. The summed E-state index contributed by atoms with van der Waals surface area (Å²) in [7, 11) is 0. The van der Waals surface area contributed by atoms with Crippen LogP contribution in [-0.4, -0.2) is 50.4 Å². The molecule has 1 aliphatic carbocycles. The molecule has 3 aromatic rings. The third-order valence-electron chi connectivity index (χ3n) is 5.97. The first-order chi connectivity index (χ1) is 14.5. The van der Waals surface area contributed by atoms with Crippen molar-refractivity contribution >= 4 is 16.8 Å². The first kappa shape index (κ1) is 20.6. The molecular weight excluding hydrogens is 380 g/mol. The van der Waals surface area contributed by atoms with Crippen LogP contribution in [0.15, 0.2) is 43.1 Å². The number of hydrogen-bond acceptors (Lipinski definition) is 4. The minimum atomic E-state index is -0.423. The van der Waals surface area contributed by atoms with E-state index < -0.39 is 6.10 Å². The molecule has 160 valence electrons. The van der Waals surface area contributed by atoms with Crippen LogP contribution in [0.2, 0.25) is 0 Å². The van der Waals surface area contributed by atoms with E-state index in [-0.39, 0.29) is 24.0 Å². The Morgan fingerprint density at radius 1 is 1.33 bits per heavy atom. The number of hydrogen-bond donors (Lipinski definition) is 3. The number of aromatic amines is 1. The van der Waals surface area contributed by atoms with Crippen molar-refractivity contribution in [3.05, 3.63) is 48.7 Å². The van der Waals surface area contributed by atoms with E-state index in [4.69, 9.17) is 4.74 Å². The second-order valence-corrected chi connectivity index (χ2v) is 8.50. The van der Waals surface area contributed by atoms with Gasteiger partial charge in [-0.15, -0.1) is 0 Å². The van der Waals surface area contributed by atoms with Gasteiger partial charge >= 0.3 is 0 Å². The Kier molecular flexibility index (Phi) is 6.20. The summed E-state index contributed by atoms with van der Waals surface area (Å²) >= 11 is 0. The summed E-state index contributed by atoms with van der Waals surface area (Å²) in [5.74, 6) is 0.132. The van der Waals surface area contributed by atoms with Crippen LogP contribution in [0.1, 0.15) is 49.9 Å². The molecule has 7 nitrogen and oxygen atoms in total. The molecule has 1 aliphatic rings. The van der Waals surface area contributed by atoms with Crippen LogP contribution in [0, 0.1) is 5.92 Å². The molecule has 2 aromatic heterocycles. The van der Waals surface area contributed by atoms with E-state index in [1.54, 1.807) is 12.5 Å². The van der Waals surface area contributed by atoms with Gasteiger partial charge in [0, 0.05) is 35.7 Å². The summed E-state index contributed by atoms with van der Waals surface area (Å²) in [6.45, 7) is 4.36. The number of nitrogens with one attached hydrogen (secondary N) is 2. The third kappa shape index (κ3) is 4.57. The number of fused-ring (bicyclic) bond motifs is 1. The number of ether oxygens (including phenoxy) is 1. The van der Waals surface area contributed by atoms with Crippen molar-refractivity contribution in [3.63, 3.8) is 0 Å². The molecule has 7 heteroatoms.